The van der Waals surface area contributed by atoms with E-state index >= 15 is 0 Å². The van der Waals surface area contributed by atoms with E-state index in [4.69, 9.17) is 16.3 Å². The van der Waals surface area contributed by atoms with Gasteiger partial charge in [-0.2, -0.15) is 5.26 Å². The van der Waals surface area contributed by atoms with Crippen molar-refractivity contribution < 1.29 is 28.3 Å². The largest absolute Gasteiger partial charge is 0.454 e. The maximum atomic E-state index is 13.3. The second kappa shape index (κ2) is 12.3. The lowest BCUT2D eigenvalue weighted by Crippen LogP contribution is -2.31. The number of hydrogen-bond acceptors (Lipinski definition) is 8. The third-order valence-corrected chi connectivity index (χ3v) is 7.78. The molecule has 0 spiro atoms. The standard InChI is InChI=1S/C31H19ClFN3O5S/c32-22-8-1-18(2-9-22)25-14-7-21(16-34)29(35-25)42-27-15-28(38)36(30(27)39)24-12-5-20(6-13-24)31(40)41-17-26(37)19-3-10-23(33)11-4-19/h1-14,27H,15,17H2. The molecule has 1 unspecified atom stereocenters. The van der Waals surface area contributed by atoms with Crippen LogP contribution in [-0.4, -0.2) is 40.4 Å². The number of halogens is 2. The first-order valence-electron chi connectivity index (χ1n) is 12.5. The Morgan fingerprint density at radius 1 is 0.976 bits per heavy atom. The lowest BCUT2D eigenvalue weighted by atomic mass is 10.1. The number of nitrogens with zero attached hydrogens (tertiary/aromatic N) is 3. The maximum Gasteiger partial charge on any atom is 0.338 e. The molecule has 1 aliphatic heterocycles. The molecule has 1 saturated heterocycles. The summed E-state index contributed by atoms with van der Waals surface area (Å²) in [4.78, 5) is 56.3. The van der Waals surface area contributed by atoms with Crippen molar-refractivity contribution in [1.82, 2.24) is 4.98 Å². The summed E-state index contributed by atoms with van der Waals surface area (Å²) in [5, 5.41) is 9.68. The van der Waals surface area contributed by atoms with Crippen LogP contribution in [0.5, 0.6) is 0 Å². The number of Topliss-reactive ketones (excluding diaryl/α,β-unsaturated/α-hetero) is 1. The fourth-order valence-corrected chi connectivity index (χ4v) is 5.40. The van der Waals surface area contributed by atoms with E-state index in [1.54, 1.807) is 36.4 Å². The number of thioether (sulfide) groups is 1. The number of esters is 1. The van der Waals surface area contributed by atoms with E-state index in [0.29, 0.717) is 15.7 Å². The van der Waals surface area contributed by atoms with Gasteiger partial charge in [-0.3, -0.25) is 14.4 Å². The van der Waals surface area contributed by atoms with Crippen LogP contribution in [0, 0.1) is 17.1 Å². The summed E-state index contributed by atoms with van der Waals surface area (Å²) in [5.74, 6) is -2.68. The van der Waals surface area contributed by atoms with Crippen LogP contribution in [0.1, 0.15) is 32.7 Å². The molecular weight excluding hydrogens is 581 g/mol. The van der Waals surface area contributed by atoms with E-state index in [9.17, 15) is 28.8 Å². The van der Waals surface area contributed by atoms with Crippen molar-refractivity contribution in [2.45, 2.75) is 16.7 Å². The molecule has 0 radical (unpaired) electrons. The summed E-state index contributed by atoms with van der Waals surface area (Å²) in [5.41, 5.74) is 2.21. The van der Waals surface area contributed by atoms with Crippen molar-refractivity contribution in [3.63, 3.8) is 0 Å². The van der Waals surface area contributed by atoms with Crippen LogP contribution in [0.25, 0.3) is 11.3 Å². The highest BCUT2D eigenvalue weighted by Crippen LogP contribution is 2.36. The third-order valence-electron chi connectivity index (χ3n) is 6.34. The number of hydrogen-bond donors (Lipinski definition) is 0. The summed E-state index contributed by atoms with van der Waals surface area (Å²) in [6.07, 6.45) is -0.101. The predicted molar refractivity (Wildman–Crippen MR) is 154 cm³/mol. The number of nitriles is 1. The van der Waals surface area contributed by atoms with E-state index in [-0.39, 0.29) is 28.8 Å². The lowest BCUT2D eigenvalue weighted by molar-refractivity contribution is -0.121. The van der Waals surface area contributed by atoms with Gasteiger partial charge in [-0.05, 0) is 72.8 Å². The van der Waals surface area contributed by atoms with Crippen LogP contribution in [0.4, 0.5) is 10.1 Å². The Morgan fingerprint density at radius 3 is 2.31 bits per heavy atom. The third kappa shape index (κ3) is 6.22. The van der Waals surface area contributed by atoms with Gasteiger partial charge in [-0.15, -0.1) is 0 Å². The zero-order chi connectivity index (χ0) is 29.8. The van der Waals surface area contributed by atoms with Crippen LogP contribution in [0.3, 0.4) is 0 Å². The number of benzene rings is 3. The zero-order valence-electron chi connectivity index (χ0n) is 21.6. The number of rotatable bonds is 8. The average molecular weight is 600 g/mol. The number of imide groups is 1. The lowest BCUT2D eigenvalue weighted by Gasteiger charge is -2.15. The number of aromatic nitrogens is 1. The molecule has 4 aromatic rings. The molecule has 1 aromatic heterocycles. The minimum Gasteiger partial charge on any atom is -0.454 e. The number of carbonyl (C=O) groups is 4. The minimum atomic E-state index is -0.806. The average Bonchev–Trinajstić information content (AvgIpc) is 3.28. The van der Waals surface area contributed by atoms with Crippen LogP contribution in [0.15, 0.2) is 90.0 Å². The first-order chi connectivity index (χ1) is 20.2. The molecule has 208 valence electrons. The molecule has 2 heterocycles. The minimum absolute atomic E-state index is 0.101. The highest BCUT2D eigenvalue weighted by Gasteiger charge is 2.40. The molecule has 8 nitrogen and oxygen atoms in total. The van der Waals surface area contributed by atoms with Crippen LogP contribution >= 0.6 is 23.4 Å². The molecule has 0 aliphatic carbocycles. The Kier molecular flexibility index (Phi) is 8.43. The van der Waals surface area contributed by atoms with Gasteiger partial charge in [-0.1, -0.05) is 35.5 Å². The van der Waals surface area contributed by atoms with E-state index in [1.165, 1.54) is 36.4 Å². The summed E-state index contributed by atoms with van der Waals surface area (Å²) < 4.78 is 18.1. The first-order valence-corrected chi connectivity index (χ1v) is 13.8. The van der Waals surface area contributed by atoms with Crippen molar-refractivity contribution in [3.8, 4) is 17.3 Å². The summed E-state index contributed by atoms with van der Waals surface area (Å²) in [6, 6.07) is 22.9. The Balaban J connectivity index is 1.26. The first kappa shape index (κ1) is 28.7. The molecule has 0 bridgehead atoms. The molecule has 1 atom stereocenters. The van der Waals surface area contributed by atoms with Crippen molar-refractivity contribution in [3.05, 3.63) is 112 Å². The topological polar surface area (TPSA) is 117 Å². The number of ketones is 1. The normalized spacial score (nSPS) is 14.5. The fraction of sp³-hybridized carbons (Fsp3) is 0.0968. The Hall–Kier alpha value is -4.85. The molecule has 42 heavy (non-hydrogen) atoms. The van der Waals surface area contributed by atoms with Gasteiger partial charge in [0.25, 0.3) is 0 Å². The summed E-state index contributed by atoms with van der Waals surface area (Å²) in [7, 11) is 0. The Morgan fingerprint density at radius 2 is 1.64 bits per heavy atom. The van der Waals surface area contributed by atoms with Crippen molar-refractivity contribution in [1.29, 1.82) is 5.26 Å². The van der Waals surface area contributed by atoms with Gasteiger partial charge < -0.3 is 4.74 Å². The van der Waals surface area contributed by atoms with E-state index in [2.05, 4.69) is 11.1 Å². The zero-order valence-corrected chi connectivity index (χ0v) is 23.2. The Labute approximate surface area is 248 Å². The van der Waals surface area contributed by atoms with Crippen LogP contribution in [0.2, 0.25) is 5.02 Å². The fourth-order valence-electron chi connectivity index (χ4n) is 4.18. The van der Waals surface area contributed by atoms with Gasteiger partial charge in [0.2, 0.25) is 11.8 Å². The highest BCUT2D eigenvalue weighted by molar-refractivity contribution is 8.00. The number of carbonyl (C=O) groups excluding carboxylic acids is 4. The van der Waals surface area contributed by atoms with Gasteiger partial charge in [0.15, 0.2) is 12.4 Å². The van der Waals surface area contributed by atoms with E-state index in [0.717, 1.165) is 34.4 Å². The molecule has 0 N–H and O–H groups in total. The maximum absolute atomic E-state index is 13.3. The van der Waals surface area contributed by atoms with Crippen LogP contribution < -0.4 is 4.90 Å². The summed E-state index contributed by atoms with van der Waals surface area (Å²) in [6.45, 7) is -0.536. The molecule has 11 heteroatoms. The molecule has 1 fully saturated rings. The second-order valence-electron chi connectivity index (χ2n) is 9.10. The van der Waals surface area contributed by atoms with E-state index in [1.807, 2.05) is 0 Å². The monoisotopic (exact) mass is 599 g/mol. The van der Waals surface area contributed by atoms with Gasteiger partial charge in [-0.25, -0.2) is 19.1 Å². The second-order valence-corrected chi connectivity index (χ2v) is 10.7. The van der Waals surface area contributed by atoms with Crippen LogP contribution in [-0.2, 0) is 14.3 Å². The van der Waals surface area contributed by atoms with Gasteiger partial charge in [0.1, 0.15) is 16.9 Å². The molecule has 1 aliphatic rings. The molecule has 0 saturated carbocycles. The van der Waals surface area contributed by atoms with E-state index < -0.39 is 41.2 Å². The number of anilines is 1. The van der Waals surface area contributed by atoms with Crippen molar-refractivity contribution >= 4 is 52.6 Å². The molecule has 5 rings (SSSR count). The van der Waals surface area contributed by atoms with Gasteiger partial charge in [0, 0.05) is 22.6 Å². The highest BCUT2D eigenvalue weighted by atomic mass is 35.5. The quantitative estimate of drug-likeness (QED) is 0.140. The van der Waals surface area contributed by atoms with Gasteiger partial charge >= 0.3 is 5.97 Å². The smallest absolute Gasteiger partial charge is 0.338 e. The molecule has 3 aromatic carbocycles. The number of ether oxygens (including phenoxy) is 1. The van der Waals surface area contributed by atoms with Crippen molar-refractivity contribution in [2.24, 2.45) is 0 Å². The SMILES string of the molecule is N#Cc1ccc(-c2ccc(Cl)cc2)nc1SC1CC(=O)N(c2ccc(C(=O)OCC(=O)c3ccc(F)cc3)cc2)C1=O. The molecule has 2 amide bonds. The predicted octanol–water partition coefficient (Wildman–Crippen LogP) is 5.88. The number of pyridine rings is 1. The molecular formula is C31H19ClFN3O5S. The Bertz CT molecular complexity index is 1740. The van der Waals surface area contributed by atoms with Gasteiger partial charge in [0.05, 0.1) is 27.8 Å². The summed E-state index contributed by atoms with van der Waals surface area (Å²) >= 11 is 7.02. The van der Waals surface area contributed by atoms with Crippen molar-refractivity contribution in [2.75, 3.05) is 11.5 Å². The number of amides is 2.